The average molecular weight is 375 g/mol. The molecule has 1 aromatic heterocycles. The molecule has 0 bridgehead atoms. The minimum absolute atomic E-state index is 0.0363. The van der Waals surface area contributed by atoms with E-state index in [-0.39, 0.29) is 18.8 Å². The maximum atomic E-state index is 13.4. The molecule has 0 saturated heterocycles. The predicted molar refractivity (Wildman–Crippen MR) is 96.5 cm³/mol. The minimum Gasteiger partial charge on any atom is -0.334 e. The fourth-order valence-electron chi connectivity index (χ4n) is 3.42. The number of aryl methyl sites for hydroxylation is 1. The molecule has 0 N–H and O–H groups in total. The van der Waals surface area contributed by atoms with Crippen LogP contribution in [0.1, 0.15) is 36.3 Å². The molecule has 1 heterocycles. The topological polar surface area (TPSA) is 38.9 Å². The molecule has 0 amide bonds. The van der Waals surface area contributed by atoms with Crippen LogP contribution in [0.5, 0.6) is 0 Å². The summed E-state index contributed by atoms with van der Waals surface area (Å²) < 4.78 is 32.2. The van der Waals surface area contributed by atoms with Gasteiger partial charge in [-0.15, -0.1) is 0 Å². The van der Waals surface area contributed by atoms with Crippen LogP contribution in [0.3, 0.4) is 0 Å². The molecular weight excluding hydrogens is 358 g/mol. The Balaban J connectivity index is 1.57. The van der Waals surface area contributed by atoms with Crippen LogP contribution in [-0.2, 0) is 0 Å². The smallest absolute Gasteiger partial charge is 0.258 e. The molecule has 0 unspecified atom stereocenters. The van der Waals surface area contributed by atoms with E-state index in [0.717, 1.165) is 22.3 Å². The van der Waals surface area contributed by atoms with Crippen LogP contribution >= 0.6 is 11.6 Å². The molecular formula is C20H17ClF2N2O. The third kappa shape index (κ3) is 3.36. The Labute approximate surface area is 155 Å². The second-order valence-electron chi connectivity index (χ2n) is 6.80. The summed E-state index contributed by atoms with van der Waals surface area (Å²) in [6.45, 7) is 1.95. The second-order valence-corrected chi connectivity index (χ2v) is 7.24. The Bertz CT molecular complexity index is 937. The van der Waals surface area contributed by atoms with E-state index in [9.17, 15) is 8.78 Å². The van der Waals surface area contributed by atoms with E-state index < -0.39 is 5.92 Å². The number of aromatic nitrogens is 2. The summed E-state index contributed by atoms with van der Waals surface area (Å²) in [6, 6.07) is 12.9. The lowest BCUT2D eigenvalue weighted by atomic mass is 9.96. The summed E-state index contributed by atoms with van der Waals surface area (Å²) in [5.41, 5.74) is 3.50. The Kier molecular flexibility index (Phi) is 4.27. The van der Waals surface area contributed by atoms with E-state index >= 15 is 0 Å². The van der Waals surface area contributed by atoms with Gasteiger partial charge in [0.05, 0.1) is 0 Å². The third-order valence-electron chi connectivity index (χ3n) is 4.90. The van der Waals surface area contributed by atoms with Gasteiger partial charge in [0, 0.05) is 29.0 Å². The number of halogens is 3. The highest BCUT2D eigenvalue weighted by molar-refractivity contribution is 6.30. The van der Waals surface area contributed by atoms with E-state index in [4.69, 9.17) is 16.1 Å². The van der Waals surface area contributed by atoms with E-state index in [1.54, 1.807) is 6.07 Å². The molecule has 0 aliphatic heterocycles. The summed E-state index contributed by atoms with van der Waals surface area (Å²) in [7, 11) is 0. The standard InChI is InChI=1S/C20H17ClF2N2O/c1-12-2-7-16(21)10-17(12)18-24-19(26-25-18)14-5-3-13(4-6-14)15-8-9-20(22,23)11-15/h2-7,10,15H,8-9,11H2,1H3/t15-/m0/s1. The average Bonchev–Trinajstić information content (AvgIpc) is 3.24. The lowest BCUT2D eigenvalue weighted by Gasteiger charge is -2.11. The molecule has 3 nitrogen and oxygen atoms in total. The van der Waals surface area contributed by atoms with Gasteiger partial charge in [-0.1, -0.05) is 35.0 Å². The monoisotopic (exact) mass is 374 g/mol. The van der Waals surface area contributed by atoms with Gasteiger partial charge >= 0.3 is 0 Å². The van der Waals surface area contributed by atoms with Crippen molar-refractivity contribution in [2.45, 2.75) is 38.0 Å². The Morgan fingerprint density at radius 3 is 2.62 bits per heavy atom. The summed E-state index contributed by atoms with van der Waals surface area (Å²) in [5.74, 6) is -1.77. The highest BCUT2D eigenvalue weighted by Crippen LogP contribution is 2.44. The van der Waals surface area contributed by atoms with Crippen molar-refractivity contribution >= 4 is 11.6 Å². The molecule has 1 aliphatic carbocycles. The van der Waals surface area contributed by atoms with Crippen molar-refractivity contribution in [2.24, 2.45) is 0 Å². The van der Waals surface area contributed by atoms with E-state index in [0.29, 0.717) is 23.2 Å². The van der Waals surface area contributed by atoms with E-state index in [1.165, 1.54) is 0 Å². The van der Waals surface area contributed by atoms with Crippen LogP contribution in [0.4, 0.5) is 8.78 Å². The zero-order chi connectivity index (χ0) is 18.3. The zero-order valence-electron chi connectivity index (χ0n) is 14.2. The first kappa shape index (κ1) is 17.2. The van der Waals surface area contributed by atoms with Gasteiger partial charge in [-0.3, -0.25) is 0 Å². The third-order valence-corrected chi connectivity index (χ3v) is 5.13. The van der Waals surface area contributed by atoms with Crippen LogP contribution < -0.4 is 0 Å². The van der Waals surface area contributed by atoms with Crippen molar-refractivity contribution in [1.82, 2.24) is 10.1 Å². The van der Waals surface area contributed by atoms with Gasteiger partial charge in [0.1, 0.15) is 0 Å². The van der Waals surface area contributed by atoms with Crippen LogP contribution in [0, 0.1) is 6.92 Å². The molecule has 1 aliphatic rings. The number of hydrogen-bond donors (Lipinski definition) is 0. The summed E-state index contributed by atoms with van der Waals surface area (Å²) in [5, 5.41) is 4.65. The number of hydrogen-bond acceptors (Lipinski definition) is 3. The number of alkyl halides is 2. The van der Waals surface area contributed by atoms with E-state index in [2.05, 4.69) is 10.1 Å². The molecule has 1 saturated carbocycles. The second kappa shape index (κ2) is 6.47. The quantitative estimate of drug-likeness (QED) is 0.542. The molecule has 4 rings (SSSR count). The fourth-order valence-corrected chi connectivity index (χ4v) is 3.59. The molecule has 2 aromatic carbocycles. The maximum absolute atomic E-state index is 13.4. The van der Waals surface area contributed by atoms with Crippen molar-refractivity contribution in [3.05, 3.63) is 58.6 Å². The highest BCUT2D eigenvalue weighted by Gasteiger charge is 2.39. The largest absolute Gasteiger partial charge is 0.334 e. The molecule has 26 heavy (non-hydrogen) atoms. The van der Waals surface area contributed by atoms with Crippen molar-refractivity contribution in [3.8, 4) is 22.8 Å². The lowest BCUT2D eigenvalue weighted by Crippen LogP contribution is -2.09. The maximum Gasteiger partial charge on any atom is 0.258 e. The van der Waals surface area contributed by atoms with Gasteiger partial charge in [0.2, 0.25) is 11.7 Å². The Hall–Kier alpha value is -2.27. The molecule has 1 atom stereocenters. The zero-order valence-corrected chi connectivity index (χ0v) is 14.9. The normalized spacial score (nSPS) is 19.0. The molecule has 1 fully saturated rings. The number of nitrogens with zero attached hydrogens (tertiary/aromatic N) is 2. The van der Waals surface area contributed by atoms with Crippen molar-refractivity contribution in [3.63, 3.8) is 0 Å². The van der Waals surface area contributed by atoms with Crippen LogP contribution in [0.15, 0.2) is 47.0 Å². The fraction of sp³-hybridized carbons (Fsp3) is 0.300. The predicted octanol–water partition coefficient (Wildman–Crippen LogP) is 6.27. The summed E-state index contributed by atoms with van der Waals surface area (Å²) in [4.78, 5) is 4.45. The van der Waals surface area contributed by atoms with Crippen molar-refractivity contribution < 1.29 is 13.3 Å². The first-order valence-corrected chi connectivity index (χ1v) is 8.87. The first-order valence-electron chi connectivity index (χ1n) is 8.50. The summed E-state index contributed by atoms with van der Waals surface area (Å²) in [6.07, 6.45) is 0.404. The highest BCUT2D eigenvalue weighted by atomic mass is 35.5. The molecule has 0 spiro atoms. The minimum atomic E-state index is -2.54. The van der Waals surface area contributed by atoms with Gasteiger partial charge in [-0.25, -0.2) is 8.78 Å². The molecule has 6 heteroatoms. The molecule has 3 aromatic rings. The van der Waals surface area contributed by atoms with Gasteiger partial charge in [-0.05, 0) is 54.7 Å². The first-order chi connectivity index (χ1) is 12.4. The number of benzene rings is 2. The van der Waals surface area contributed by atoms with Gasteiger partial charge in [0.25, 0.3) is 5.89 Å². The van der Waals surface area contributed by atoms with Crippen molar-refractivity contribution in [2.75, 3.05) is 0 Å². The van der Waals surface area contributed by atoms with Crippen molar-refractivity contribution in [1.29, 1.82) is 0 Å². The van der Waals surface area contributed by atoms with Crippen LogP contribution in [0.25, 0.3) is 22.8 Å². The van der Waals surface area contributed by atoms with Crippen LogP contribution in [0.2, 0.25) is 5.02 Å². The van der Waals surface area contributed by atoms with Gasteiger partial charge in [-0.2, -0.15) is 4.98 Å². The number of rotatable bonds is 3. The Morgan fingerprint density at radius 1 is 1.15 bits per heavy atom. The van der Waals surface area contributed by atoms with Crippen LogP contribution in [-0.4, -0.2) is 16.1 Å². The summed E-state index contributed by atoms with van der Waals surface area (Å²) >= 11 is 6.05. The van der Waals surface area contributed by atoms with Gasteiger partial charge in [0.15, 0.2) is 0 Å². The SMILES string of the molecule is Cc1ccc(Cl)cc1-c1noc(-c2ccc([C@H]3CCC(F)(F)C3)cc2)n1. The lowest BCUT2D eigenvalue weighted by molar-refractivity contribution is 0.00777. The molecule has 134 valence electrons. The Morgan fingerprint density at radius 2 is 1.92 bits per heavy atom. The van der Waals surface area contributed by atoms with Gasteiger partial charge < -0.3 is 4.52 Å². The van der Waals surface area contributed by atoms with E-state index in [1.807, 2.05) is 43.3 Å². The molecule has 0 radical (unpaired) electrons.